The zero-order valence-corrected chi connectivity index (χ0v) is 32.6. The quantitative estimate of drug-likeness (QED) is 0.0642. The number of carbonyl (C=O) groups excluding carboxylic acids is 2. The Morgan fingerprint density at radius 3 is 1.63 bits per heavy atom. The van der Waals surface area contributed by atoms with Gasteiger partial charge in [-0.15, -0.1) is 0 Å². The minimum absolute atomic E-state index is 0. The number of pyridine rings is 2. The fraction of sp³-hybridized carbons (Fsp3) is 0.400. The Bertz CT molecular complexity index is 1640. The van der Waals surface area contributed by atoms with Crippen molar-refractivity contribution in [3.8, 4) is 0 Å². The van der Waals surface area contributed by atoms with E-state index >= 15 is 0 Å². The molecule has 286 valence electrons. The molecule has 0 saturated carbocycles. The Labute approximate surface area is 315 Å². The molecule has 51 heavy (non-hydrogen) atoms. The Morgan fingerprint density at radius 2 is 1.31 bits per heavy atom. The van der Waals surface area contributed by atoms with Crippen molar-refractivity contribution >= 4 is 68.4 Å². The van der Waals surface area contributed by atoms with Crippen molar-refractivity contribution < 1.29 is 63.0 Å². The number of anilines is 2. The van der Waals surface area contributed by atoms with Gasteiger partial charge in [0.1, 0.15) is 21.8 Å². The van der Waals surface area contributed by atoms with Crippen molar-refractivity contribution in [1.29, 1.82) is 0 Å². The summed E-state index contributed by atoms with van der Waals surface area (Å²) >= 11 is 2.78. The summed E-state index contributed by atoms with van der Waals surface area (Å²) < 4.78 is 37.6. The van der Waals surface area contributed by atoms with Crippen LogP contribution < -0.4 is 22.1 Å². The van der Waals surface area contributed by atoms with E-state index in [1.165, 1.54) is 19.9 Å². The summed E-state index contributed by atoms with van der Waals surface area (Å²) in [5.74, 6) is -3.81. The van der Waals surface area contributed by atoms with E-state index < -0.39 is 29.4 Å². The molecule has 3 rings (SSSR count). The van der Waals surface area contributed by atoms with Gasteiger partial charge in [0, 0.05) is 86.6 Å². The van der Waals surface area contributed by atoms with Crippen LogP contribution in [0, 0.1) is 24.0 Å². The molecule has 0 aliphatic heterocycles. The number of aliphatic imine (C=N–C) groups is 1. The molecular formula is C30H42BrF3N10O6Pd. The van der Waals surface area contributed by atoms with Gasteiger partial charge in [0.15, 0.2) is 17.6 Å². The number of carbonyl (C=O) groups is 4. The average molecular weight is 882 g/mol. The summed E-state index contributed by atoms with van der Waals surface area (Å²) in [4.78, 5) is 61.1. The van der Waals surface area contributed by atoms with Gasteiger partial charge in [-0.05, 0) is 36.7 Å². The van der Waals surface area contributed by atoms with Crippen LogP contribution in [-0.2, 0) is 39.6 Å². The number of aromatic nitrogens is 4. The molecule has 0 atom stereocenters. The first kappa shape index (κ1) is 53.0. The number of carboxylic acids is 2. The molecule has 0 bridgehead atoms. The molecular weight excluding hydrogens is 840 g/mol. The Balaban J connectivity index is -0.000000298. The number of aliphatic carboxylic acids is 2. The largest absolute Gasteiger partial charge is 0.481 e. The summed E-state index contributed by atoms with van der Waals surface area (Å²) in [5, 5.41) is 20.5. The number of fused-ring (bicyclic) bond motifs is 1. The van der Waals surface area contributed by atoms with E-state index in [9.17, 15) is 22.8 Å². The summed E-state index contributed by atoms with van der Waals surface area (Å²) in [6.45, 7) is 22.8. The molecule has 21 heteroatoms. The van der Waals surface area contributed by atoms with Crippen LogP contribution >= 0.6 is 15.9 Å². The third-order valence-corrected chi connectivity index (χ3v) is 4.25. The van der Waals surface area contributed by atoms with E-state index in [0.29, 0.717) is 16.9 Å². The number of hydrogen-bond donors (Lipinski definition) is 6. The van der Waals surface area contributed by atoms with Gasteiger partial charge in [-0.3, -0.25) is 24.5 Å². The van der Waals surface area contributed by atoms with Crippen molar-refractivity contribution in [2.75, 3.05) is 10.6 Å². The van der Waals surface area contributed by atoms with Crippen LogP contribution in [0.15, 0.2) is 34.1 Å². The molecule has 0 aliphatic carbocycles. The third-order valence-electron chi connectivity index (χ3n) is 3.67. The van der Waals surface area contributed by atoms with E-state index in [1.54, 1.807) is 0 Å². The smallest absolute Gasteiger partial charge is 0.300 e. The maximum atomic E-state index is 13.3. The van der Waals surface area contributed by atoms with Crippen molar-refractivity contribution in [1.82, 2.24) is 19.9 Å². The van der Waals surface area contributed by atoms with Gasteiger partial charge in [-0.25, -0.2) is 34.7 Å². The number of halogens is 4. The molecule has 16 nitrogen and oxygen atoms in total. The fourth-order valence-electron chi connectivity index (χ4n) is 2.23. The van der Waals surface area contributed by atoms with Gasteiger partial charge in [-0.2, -0.15) is 9.98 Å². The first-order chi connectivity index (χ1) is 22.6. The number of guanidine groups is 1. The standard InChI is InChI=1S/C13H16FN5O.C5H2BrF2N.C5H9N.C3H7N3O.2C2H4O2.Pd/c1-7(20)16-12-17-9-5-8(14)6-15-10(9)11(18-12)19-13(2,3)4;6-5-4(8)1-3(7)2-9-5;1-5(2,3)6-4;1-2(7)6-3(4)5;2*1-2(3)4;/h5-6H,1-4H3,(H2,16,17,18,19,20);1-2H;1-3H3;1H3,(H4,4,5,6,7);2*1H3,(H,3,4);. The molecule has 0 saturated heterocycles. The SMILES string of the molecule is CC(=O)N=C(N)N.CC(=O)Nc1nc(NC(C)(C)C)c2ncc(F)cc2n1.CC(=O)O.CC(=O)O.Fc1cnc(Br)c(F)c1.[C-]#[N+]C(C)(C)C.[Pd]. The van der Waals surface area contributed by atoms with Gasteiger partial charge in [0.25, 0.3) is 11.9 Å². The van der Waals surface area contributed by atoms with E-state index in [-0.39, 0.29) is 59.8 Å². The summed E-state index contributed by atoms with van der Waals surface area (Å²) in [6, 6.07) is 2.01. The van der Waals surface area contributed by atoms with Crippen LogP contribution in [0.25, 0.3) is 15.9 Å². The number of nitrogens with zero attached hydrogens (tertiary/aromatic N) is 6. The molecule has 8 N–H and O–H groups in total. The Kier molecular flexibility index (Phi) is 27.1. The molecule has 3 heterocycles. The van der Waals surface area contributed by atoms with E-state index in [0.717, 1.165) is 32.3 Å². The van der Waals surface area contributed by atoms with Crippen LogP contribution in [0.2, 0.25) is 0 Å². The van der Waals surface area contributed by atoms with E-state index in [4.69, 9.17) is 37.8 Å². The molecule has 3 aromatic heterocycles. The van der Waals surface area contributed by atoms with Crippen LogP contribution in [0.1, 0.15) is 69.2 Å². The molecule has 2 amide bonds. The number of nitrogens with two attached hydrogens (primary N) is 2. The van der Waals surface area contributed by atoms with Crippen molar-refractivity contribution in [2.45, 2.75) is 80.3 Å². The topological polar surface area (TPSA) is 253 Å². The van der Waals surface area contributed by atoms with E-state index in [1.807, 2.05) is 41.5 Å². The van der Waals surface area contributed by atoms with Crippen LogP contribution in [0.4, 0.5) is 24.9 Å². The van der Waals surface area contributed by atoms with Crippen LogP contribution in [-0.4, -0.2) is 70.9 Å². The molecule has 0 aromatic carbocycles. The van der Waals surface area contributed by atoms with Crippen molar-refractivity contribution in [2.24, 2.45) is 16.5 Å². The van der Waals surface area contributed by atoms with Gasteiger partial charge in [-0.1, -0.05) is 0 Å². The van der Waals surface area contributed by atoms with Crippen molar-refractivity contribution in [3.05, 3.63) is 58.0 Å². The maximum Gasteiger partial charge on any atom is 0.300 e. The van der Waals surface area contributed by atoms with Gasteiger partial charge in [0.2, 0.25) is 23.3 Å². The average Bonchev–Trinajstić information content (AvgIpc) is 2.89. The molecule has 3 aromatic rings. The molecule has 0 aliphatic rings. The monoisotopic (exact) mass is 880 g/mol. The van der Waals surface area contributed by atoms with Crippen molar-refractivity contribution in [3.63, 3.8) is 0 Å². The zero-order chi connectivity index (χ0) is 40.0. The van der Waals surface area contributed by atoms with Gasteiger partial charge >= 0.3 is 0 Å². The third kappa shape index (κ3) is 34.9. The number of rotatable bonds is 2. The number of amides is 2. The zero-order valence-electron chi connectivity index (χ0n) is 29.5. The number of carboxylic acid groups (broad SMARTS) is 2. The Hall–Kier alpha value is -4.79. The minimum atomic E-state index is -0.833. The molecule has 0 unspecified atom stereocenters. The normalized spacial score (nSPS) is 9.43. The minimum Gasteiger partial charge on any atom is -0.481 e. The summed E-state index contributed by atoms with van der Waals surface area (Å²) in [7, 11) is 0. The second-order valence-corrected chi connectivity index (χ2v) is 12.0. The van der Waals surface area contributed by atoms with Gasteiger partial charge < -0.3 is 31.8 Å². The second-order valence-electron chi connectivity index (χ2n) is 11.3. The predicted octanol–water partition coefficient (Wildman–Crippen LogP) is 5.14. The second kappa shape index (κ2) is 26.1. The van der Waals surface area contributed by atoms with E-state index in [2.05, 4.69) is 56.3 Å². The predicted molar refractivity (Wildman–Crippen MR) is 186 cm³/mol. The van der Waals surface area contributed by atoms with Crippen LogP contribution in [0.3, 0.4) is 0 Å². The molecule has 0 fully saturated rings. The fourth-order valence-corrected chi connectivity index (χ4v) is 2.45. The maximum absolute atomic E-state index is 13.3. The molecule has 0 spiro atoms. The first-order valence-corrected chi connectivity index (χ1v) is 14.6. The van der Waals surface area contributed by atoms with Gasteiger partial charge in [0.05, 0.1) is 17.9 Å². The molecule has 0 radical (unpaired) electrons. The first-order valence-electron chi connectivity index (χ1n) is 13.8. The number of hydrogen-bond acceptors (Lipinski definition) is 9. The Morgan fingerprint density at radius 1 is 0.882 bits per heavy atom. The number of nitrogens with one attached hydrogen (secondary N) is 2. The summed E-state index contributed by atoms with van der Waals surface area (Å²) in [5.41, 5.74) is 9.96. The van der Waals surface area contributed by atoms with Crippen LogP contribution in [0.5, 0.6) is 0 Å². The summed E-state index contributed by atoms with van der Waals surface area (Å²) in [6.07, 6.45) is 2.05.